The number of benzene rings is 2. The molecule has 0 spiro atoms. The first-order chi connectivity index (χ1) is 11.9. The Bertz CT molecular complexity index is 1150. The van der Waals surface area contributed by atoms with E-state index in [4.69, 9.17) is 20.4 Å². The van der Waals surface area contributed by atoms with Crippen LogP contribution in [0, 0.1) is 0 Å². The maximum absolute atomic E-state index is 12.7. The topological polar surface area (TPSA) is 43.4 Å². The Hall–Kier alpha value is -2.73. The third kappa shape index (κ3) is 2.49. The highest BCUT2D eigenvalue weighted by molar-refractivity contribution is 6.38. The molecule has 0 aliphatic rings. The lowest BCUT2D eigenvalue weighted by Gasteiger charge is -2.06. The van der Waals surface area contributed by atoms with Crippen molar-refractivity contribution in [1.82, 2.24) is 0 Å². The van der Waals surface area contributed by atoms with E-state index < -0.39 is 17.4 Å². The maximum Gasteiger partial charge on any atom is 0.416 e. The normalized spacial score (nSPS) is 12.2. The zero-order chi connectivity index (χ0) is 17.8. The van der Waals surface area contributed by atoms with Gasteiger partial charge in [-0.05, 0) is 24.3 Å². The lowest BCUT2D eigenvalue weighted by atomic mass is 10.1. The van der Waals surface area contributed by atoms with Crippen LogP contribution in [-0.4, -0.2) is 0 Å². The second kappa shape index (κ2) is 5.39. The Balaban J connectivity index is 1.97. The summed E-state index contributed by atoms with van der Waals surface area (Å²) < 4.78 is 49.0. The molecule has 0 N–H and O–H groups in total. The van der Waals surface area contributed by atoms with E-state index in [-0.39, 0.29) is 21.8 Å². The van der Waals surface area contributed by atoms with E-state index in [1.807, 2.05) is 0 Å². The first-order valence-electron chi connectivity index (χ1n) is 7.18. The highest BCUT2D eigenvalue weighted by atomic mass is 35.5. The molecule has 0 saturated carbocycles. The van der Waals surface area contributed by atoms with Crippen molar-refractivity contribution in [2.24, 2.45) is 0 Å². The fourth-order valence-electron chi connectivity index (χ4n) is 2.67. The van der Waals surface area contributed by atoms with E-state index in [2.05, 4.69) is 0 Å². The molecule has 0 aliphatic carbocycles. The predicted molar refractivity (Wildman–Crippen MR) is 87.7 cm³/mol. The Morgan fingerprint density at radius 2 is 1.60 bits per heavy atom. The molecular weight excluding hydrogens is 357 g/mol. The lowest BCUT2D eigenvalue weighted by Crippen LogP contribution is -2.03. The van der Waals surface area contributed by atoms with Crippen molar-refractivity contribution in [1.29, 1.82) is 0 Å². The zero-order valence-corrected chi connectivity index (χ0v) is 13.1. The molecule has 0 radical (unpaired) electrons. The number of rotatable bonds is 1. The first kappa shape index (κ1) is 15.8. The van der Waals surface area contributed by atoms with E-state index in [0.29, 0.717) is 16.5 Å². The van der Waals surface area contributed by atoms with Gasteiger partial charge in [-0.1, -0.05) is 35.9 Å². The molecule has 2 aromatic carbocycles. The minimum atomic E-state index is -4.44. The van der Waals surface area contributed by atoms with Crippen LogP contribution in [0.3, 0.4) is 0 Å². The van der Waals surface area contributed by atoms with Gasteiger partial charge in [0.25, 0.3) is 0 Å². The number of hydrogen-bond acceptors (Lipinski definition) is 3. The molecule has 3 nitrogen and oxygen atoms in total. The van der Waals surface area contributed by atoms with E-state index in [1.54, 1.807) is 24.3 Å². The summed E-state index contributed by atoms with van der Waals surface area (Å²) in [6.45, 7) is 0. The van der Waals surface area contributed by atoms with Gasteiger partial charge < -0.3 is 8.83 Å². The van der Waals surface area contributed by atoms with E-state index in [9.17, 15) is 18.0 Å². The molecular formula is C18H8ClF3O3. The summed E-state index contributed by atoms with van der Waals surface area (Å²) in [6.07, 6.45) is -4.44. The SMILES string of the molecule is O=c1oc2ccccc2c2oc(-c3ccc(C(F)(F)F)cc3)c(Cl)c12. The average molecular weight is 365 g/mol. The molecule has 0 aliphatic heterocycles. The van der Waals surface area contributed by atoms with Gasteiger partial charge in [0, 0.05) is 5.56 Å². The smallest absolute Gasteiger partial charge is 0.416 e. The lowest BCUT2D eigenvalue weighted by molar-refractivity contribution is -0.137. The quantitative estimate of drug-likeness (QED) is 0.396. The van der Waals surface area contributed by atoms with Crippen molar-refractivity contribution in [2.75, 3.05) is 0 Å². The highest BCUT2D eigenvalue weighted by Crippen LogP contribution is 2.39. The molecule has 126 valence electrons. The standard InChI is InChI=1S/C18H8ClF3O3/c19-14-13-16(11-3-1-2-4-12(11)24-17(13)23)25-15(14)9-5-7-10(8-6-9)18(20,21)22/h1-8H. The number of para-hydroxylation sites is 1. The summed E-state index contributed by atoms with van der Waals surface area (Å²) in [5.41, 5.74) is -0.539. The van der Waals surface area contributed by atoms with Gasteiger partial charge in [-0.25, -0.2) is 4.79 Å². The molecule has 0 amide bonds. The summed E-state index contributed by atoms with van der Waals surface area (Å²) in [5.74, 6) is 0.119. The van der Waals surface area contributed by atoms with Crippen molar-refractivity contribution in [3.8, 4) is 11.3 Å². The Morgan fingerprint density at radius 1 is 0.920 bits per heavy atom. The maximum atomic E-state index is 12.7. The summed E-state index contributed by atoms with van der Waals surface area (Å²) >= 11 is 6.25. The predicted octanol–water partition coefficient (Wildman–Crippen LogP) is 5.88. The molecule has 4 rings (SSSR count). The summed E-state index contributed by atoms with van der Waals surface area (Å²) in [4.78, 5) is 12.2. The number of fused-ring (bicyclic) bond motifs is 3. The minimum absolute atomic E-state index is 0.00858. The second-order valence-corrected chi connectivity index (χ2v) is 5.79. The third-order valence-corrected chi connectivity index (χ3v) is 4.22. The van der Waals surface area contributed by atoms with Gasteiger partial charge in [0.2, 0.25) is 0 Å². The van der Waals surface area contributed by atoms with Gasteiger partial charge >= 0.3 is 11.8 Å². The van der Waals surface area contributed by atoms with Crippen molar-refractivity contribution in [2.45, 2.75) is 6.18 Å². The van der Waals surface area contributed by atoms with Crippen LogP contribution in [0.15, 0.2) is 62.2 Å². The summed E-state index contributed by atoms with van der Waals surface area (Å²) in [7, 11) is 0. The van der Waals surface area contributed by atoms with Crippen LogP contribution in [0.25, 0.3) is 33.3 Å². The van der Waals surface area contributed by atoms with Gasteiger partial charge in [-0.2, -0.15) is 13.2 Å². The first-order valence-corrected chi connectivity index (χ1v) is 7.55. The number of halogens is 4. The molecule has 0 atom stereocenters. The highest BCUT2D eigenvalue weighted by Gasteiger charge is 2.30. The number of furan rings is 1. The van der Waals surface area contributed by atoms with Crippen LogP contribution in [0.1, 0.15) is 5.56 Å². The fraction of sp³-hybridized carbons (Fsp3) is 0.0556. The van der Waals surface area contributed by atoms with Gasteiger partial charge in [0.05, 0.1) is 10.9 Å². The molecule has 0 bridgehead atoms. The van der Waals surface area contributed by atoms with Gasteiger partial charge in [0.15, 0.2) is 11.3 Å². The largest absolute Gasteiger partial charge is 0.453 e. The van der Waals surface area contributed by atoms with Crippen LogP contribution >= 0.6 is 11.6 Å². The van der Waals surface area contributed by atoms with Crippen molar-refractivity contribution in [3.63, 3.8) is 0 Å². The van der Waals surface area contributed by atoms with E-state index in [1.165, 1.54) is 12.1 Å². The molecule has 2 aromatic heterocycles. The fourth-order valence-corrected chi connectivity index (χ4v) is 2.98. The molecule has 25 heavy (non-hydrogen) atoms. The van der Waals surface area contributed by atoms with Crippen LogP contribution < -0.4 is 5.63 Å². The van der Waals surface area contributed by atoms with Gasteiger partial charge in [0.1, 0.15) is 16.0 Å². The summed E-state index contributed by atoms with van der Waals surface area (Å²) in [6, 6.07) is 11.1. The Kier molecular flexibility index (Phi) is 3.40. The molecule has 0 saturated heterocycles. The number of hydrogen-bond donors (Lipinski definition) is 0. The van der Waals surface area contributed by atoms with Gasteiger partial charge in [-0.3, -0.25) is 0 Å². The van der Waals surface area contributed by atoms with Crippen LogP contribution in [0.5, 0.6) is 0 Å². The van der Waals surface area contributed by atoms with Crippen molar-refractivity contribution in [3.05, 3.63) is 69.5 Å². The molecule has 4 aromatic rings. The van der Waals surface area contributed by atoms with E-state index in [0.717, 1.165) is 12.1 Å². The Labute approximate surface area is 143 Å². The van der Waals surface area contributed by atoms with Crippen molar-refractivity contribution < 1.29 is 22.0 Å². The third-order valence-electron chi connectivity index (χ3n) is 3.86. The van der Waals surface area contributed by atoms with Crippen LogP contribution in [0.4, 0.5) is 13.2 Å². The molecule has 0 unspecified atom stereocenters. The molecule has 2 heterocycles. The number of alkyl halides is 3. The Morgan fingerprint density at radius 3 is 2.28 bits per heavy atom. The second-order valence-electron chi connectivity index (χ2n) is 5.41. The van der Waals surface area contributed by atoms with Crippen LogP contribution in [0.2, 0.25) is 5.02 Å². The van der Waals surface area contributed by atoms with Crippen LogP contribution in [-0.2, 0) is 6.18 Å². The van der Waals surface area contributed by atoms with Crippen molar-refractivity contribution >= 4 is 33.5 Å². The van der Waals surface area contributed by atoms with E-state index >= 15 is 0 Å². The molecule has 0 fully saturated rings. The summed E-state index contributed by atoms with van der Waals surface area (Å²) in [5, 5.41) is 0.627. The average Bonchev–Trinajstić information content (AvgIpc) is 2.93. The monoisotopic (exact) mass is 364 g/mol. The molecule has 7 heteroatoms. The minimum Gasteiger partial charge on any atom is -0.453 e. The van der Waals surface area contributed by atoms with Gasteiger partial charge in [-0.15, -0.1) is 0 Å². The zero-order valence-electron chi connectivity index (χ0n) is 12.4.